The molecular weight excluding hydrogens is 760 g/mol. The number of nitrogens with zero attached hydrogens (tertiary/aromatic N) is 3. The van der Waals surface area contributed by atoms with E-state index in [-0.39, 0.29) is 36.5 Å². The van der Waals surface area contributed by atoms with Crippen molar-refractivity contribution in [3.8, 4) is 0 Å². The van der Waals surface area contributed by atoms with Crippen LogP contribution in [0.25, 0.3) is 10.4 Å². The maximum absolute atomic E-state index is 12.2. The first kappa shape index (κ1) is 45.4. The highest BCUT2D eigenvalue weighted by Gasteiger charge is 2.47. The highest BCUT2D eigenvalue weighted by atomic mass is 79.9. The molecule has 1 N–H and O–H groups in total. The molecule has 1 amide bonds. The lowest BCUT2D eigenvalue weighted by Crippen LogP contribution is -2.56. The van der Waals surface area contributed by atoms with Crippen molar-refractivity contribution in [1.29, 1.82) is 0 Å². The molecule has 296 valence electrons. The van der Waals surface area contributed by atoms with E-state index >= 15 is 0 Å². The van der Waals surface area contributed by atoms with Crippen LogP contribution in [0.4, 0.5) is 0 Å². The average Bonchev–Trinajstić information content (AvgIpc) is 3.08. The van der Waals surface area contributed by atoms with E-state index in [9.17, 15) is 24.0 Å². The summed E-state index contributed by atoms with van der Waals surface area (Å²) < 4.78 is 38.6. The molecule has 2 fully saturated rings. The molecule has 17 heteroatoms. The van der Waals surface area contributed by atoms with Gasteiger partial charge in [0.1, 0.15) is 12.2 Å². The summed E-state index contributed by atoms with van der Waals surface area (Å²) >= 11 is 3.29. The Balaban J connectivity index is 0.000000477. The Labute approximate surface area is 319 Å². The van der Waals surface area contributed by atoms with Gasteiger partial charge in [-0.05, 0) is 49.9 Å². The number of nitrogens with one attached hydrogen (secondary N) is 1. The molecule has 3 rings (SSSR count). The van der Waals surface area contributed by atoms with Crippen LogP contribution in [0, 0.1) is 11.8 Å². The zero-order valence-corrected chi connectivity index (χ0v) is 33.2. The third kappa shape index (κ3) is 15.6. The summed E-state index contributed by atoms with van der Waals surface area (Å²) in [6, 6.07) is 6.95. The second-order valence-corrected chi connectivity index (χ2v) is 13.9. The molecule has 16 nitrogen and oxygen atoms in total. The standard InChI is InChI=1S/C25H36N4O7.C11H17BrO5/c1-16-17(2)34-25(23(36-19(4)31)22(16)35-18(3)30)33-14-8-6-5-7-13-27-24(32)21-11-9-20(10-12-21)15-28-29-26;1-5-6(2)15-11(12)10(17-8(4)14)9(5)16-7(3)13/h9-12,16-17,22-23,25H,5-8,13-15H2,1-4H3,(H,27,32);5-6,9-11H,1-4H3/t16-,17?,22?,23+,25+;5-,6?,9?,10+,11-/m11/s1. The molecule has 0 saturated carbocycles. The van der Waals surface area contributed by atoms with Crippen molar-refractivity contribution >= 4 is 45.7 Å². The molecular formula is C36H53BrN4O12. The van der Waals surface area contributed by atoms with Crippen molar-refractivity contribution in [3.05, 3.63) is 45.8 Å². The molecule has 10 atom stereocenters. The Morgan fingerprint density at radius 2 is 1.23 bits per heavy atom. The quantitative estimate of drug-likeness (QED) is 0.0432. The number of ether oxygens (including phenoxy) is 7. The fraction of sp³-hybridized carbons (Fsp3) is 0.694. The molecule has 2 aliphatic rings. The van der Waals surface area contributed by atoms with Crippen LogP contribution in [0.3, 0.4) is 0 Å². The van der Waals surface area contributed by atoms with E-state index in [1.54, 1.807) is 24.3 Å². The molecule has 2 heterocycles. The SMILES string of the molecule is CC(=O)OC1[C@H](C)C(C)O[C@@H](Br)[C@H]1OC(C)=O.CC(=O)OC1[C@H](C)C(C)O[C@H](OCCCCCCNC(=O)c2ccc(CN=[N+]=[N-])cc2)[C@H]1OC(C)=O. The Kier molecular flexibility index (Phi) is 19.8. The second kappa shape index (κ2) is 23.1. The zero-order valence-electron chi connectivity index (χ0n) is 31.7. The van der Waals surface area contributed by atoms with E-state index in [1.807, 2.05) is 27.7 Å². The van der Waals surface area contributed by atoms with Crippen molar-refractivity contribution < 1.29 is 57.1 Å². The van der Waals surface area contributed by atoms with Crippen LogP contribution in [0.2, 0.25) is 0 Å². The number of hydrogen-bond donors (Lipinski definition) is 1. The minimum absolute atomic E-state index is 0.0444. The monoisotopic (exact) mass is 812 g/mol. The van der Waals surface area contributed by atoms with E-state index in [1.165, 1.54) is 27.7 Å². The van der Waals surface area contributed by atoms with Crippen LogP contribution in [0.15, 0.2) is 29.4 Å². The van der Waals surface area contributed by atoms with Crippen LogP contribution in [0.1, 0.15) is 97.0 Å². The fourth-order valence-electron chi connectivity index (χ4n) is 5.71. The predicted octanol–water partition coefficient (Wildman–Crippen LogP) is 5.67. The predicted molar refractivity (Wildman–Crippen MR) is 194 cm³/mol. The Hall–Kier alpha value is -3.76. The van der Waals surface area contributed by atoms with E-state index < -0.39 is 59.6 Å². The highest BCUT2D eigenvalue weighted by Crippen LogP contribution is 2.33. The first-order valence-corrected chi connectivity index (χ1v) is 18.6. The van der Waals surface area contributed by atoms with Crippen molar-refractivity contribution in [1.82, 2.24) is 5.32 Å². The van der Waals surface area contributed by atoms with Gasteiger partial charge in [0.2, 0.25) is 0 Å². The topological polar surface area (TPSA) is 211 Å². The van der Waals surface area contributed by atoms with Gasteiger partial charge in [-0.3, -0.25) is 24.0 Å². The molecule has 2 aliphatic heterocycles. The van der Waals surface area contributed by atoms with E-state index in [0.29, 0.717) is 18.7 Å². The van der Waals surface area contributed by atoms with Gasteiger partial charge < -0.3 is 38.5 Å². The van der Waals surface area contributed by atoms with Crippen molar-refractivity contribution in [2.45, 2.75) is 136 Å². The summed E-state index contributed by atoms with van der Waals surface area (Å²) in [5, 5.41) is 5.92. The Morgan fingerprint density at radius 3 is 1.77 bits per heavy atom. The van der Waals surface area contributed by atoms with Gasteiger partial charge in [-0.25, -0.2) is 0 Å². The average molecular weight is 814 g/mol. The van der Waals surface area contributed by atoms with Gasteiger partial charge in [0.05, 0.1) is 18.8 Å². The number of rotatable bonds is 15. The molecule has 1 aromatic carbocycles. The number of alkyl halides is 1. The molecule has 1 aromatic rings. The van der Waals surface area contributed by atoms with Gasteiger partial charge in [-0.1, -0.05) is 59.9 Å². The number of carbonyl (C=O) groups excluding carboxylic acids is 5. The van der Waals surface area contributed by atoms with Gasteiger partial charge in [0.25, 0.3) is 5.91 Å². The maximum atomic E-state index is 12.2. The number of hydrogen-bond acceptors (Lipinski definition) is 13. The number of azide groups is 1. The minimum Gasteiger partial charge on any atom is -0.458 e. The summed E-state index contributed by atoms with van der Waals surface area (Å²) in [5.74, 6) is -2.13. The normalized spacial score (nSPS) is 27.8. The van der Waals surface area contributed by atoms with E-state index in [0.717, 1.165) is 31.2 Å². The smallest absolute Gasteiger partial charge is 0.303 e. The van der Waals surface area contributed by atoms with Gasteiger partial charge >= 0.3 is 23.9 Å². The lowest BCUT2D eigenvalue weighted by Gasteiger charge is -2.43. The molecule has 0 bridgehead atoms. The molecule has 2 saturated heterocycles. The number of esters is 4. The number of carbonyl (C=O) groups is 5. The molecule has 4 unspecified atom stereocenters. The van der Waals surface area contributed by atoms with Gasteiger partial charge in [0, 0.05) is 63.2 Å². The minimum atomic E-state index is -0.832. The summed E-state index contributed by atoms with van der Waals surface area (Å²) in [6.45, 7) is 14.0. The Morgan fingerprint density at radius 1 is 0.736 bits per heavy atom. The number of halogens is 1. The molecule has 0 aliphatic carbocycles. The molecule has 0 radical (unpaired) electrons. The number of benzene rings is 1. The van der Waals surface area contributed by atoms with E-state index in [4.69, 9.17) is 38.7 Å². The number of unbranched alkanes of at least 4 members (excludes halogenated alkanes) is 3. The number of amides is 1. The molecule has 0 aromatic heterocycles. The van der Waals surface area contributed by atoms with Gasteiger partial charge in [0.15, 0.2) is 23.5 Å². The largest absolute Gasteiger partial charge is 0.458 e. The Bertz CT molecular complexity index is 1410. The van der Waals surface area contributed by atoms with Crippen molar-refractivity contribution in [2.24, 2.45) is 17.0 Å². The van der Waals surface area contributed by atoms with Crippen LogP contribution < -0.4 is 5.32 Å². The first-order valence-electron chi connectivity index (χ1n) is 17.7. The summed E-state index contributed by atoms with van der Waals surface area (Å²) in [6.07, 6.45) is -0.380. The van der Waals surface area contributed by atoms with Crippen molar-refractivity contribution in [2.75, 3.05) is 13.2 Å². The lowest BCUT2D eigenvalue weighted by molar-refractivity contribution is -0.287. The van der Waals surface area contributed by atoms with E-state index in [2.05, 4.69) is 31.3 Å². The summed E-state index contributed by atoms with van der Waals surface area (Å²) in [4.78, 5) is 60.3. The van der Waals surface area contributed by atoms with Crippen LogP contribution in [-0.2, 0) is 58.9 Å². The van der Waals surface area contributed by atoms with Crippen LogP contribution in [0.5, 0.6) is 0 Å². The zero-order chi connectivity index (χ0) is 39.7. The third-order valence-corrected chi connectivity index (χ3v) is 9.50. The van der Waals surface area contributed by atoms with Crippen molar-refractivity contribution in [3.63, 3.8) is 0 Å². The molecule has 53 heavy (non-hydrogen) atoms. The highest BCUT2D eigenvalue weighted by molar-refractivity contribution is 9.09. The van der Waals surface area contributed by atoms with Crippen LogP contribution >= 0.6 is 15.9 Å². The van der Waals surface area contributed by atoms with Crippen LogP contribution in [-0.4, -0.2) is 90.9 Å². The summed E-state index contributed by atoms with van der Waals surface area (Å²) in [5.41, 5.74) is 9.76. The summed E-state index contributed by atoms with van der Waals surface area (Å²) in [7, 11) is 0. The second-order valence-electron chi connectivity index (χ2n) is 13.0. The molecule has 0 spiro atoms. The fourth-order valence-corrected chi connectivity index (χ4v) is 6.46. The lowest BCUT2D eigenvalue weighted by atomic mass is 9.91. The third-order valence-electron chi connectivity index (χ3n) is 8.76. The first-order chi connectivity index (χ1) is 25.0. The maximum Gasteiger partial charge on any atom is 0.303 e. The van der Waals surface area contributed by atoms with Gasteiger partial charge in [-0.15, -0.1) is 0 Å². The van der Waals surface area contributed by atoms with Gasteiger partial charge in [-0.2, -0.15) is 0 Å².